The lowest BCUT2D eigenvalue weighted by atomic mass is 9.92. The maximum absolute atomic E-state index is 12.8. The number of rotatable bonds is 6. The van der Waals surface area contributed by atoms with Gasteiger partial charge >= 0.3 is 6.03 Å². The van der Waals surface area contributed by atoms with Crippen LogP contribution in [0.5, 0.6) is 11.5 Å². The summed E-state index contributed by atoms with van der Waals surface area (Å²) in [7, 11) is 0. The van der Waals surface area contributed by atoms with E-state index in [2.05, 4.69) is 10.6 Å². The van der Waals surface area contributed by atoms with Gasteiger partial charge in [-0.15, -0.1) is 0 Å². The predicted octanol–water partition coefficient (Wildman–Crippen LogP) is 1.18. The van der Waals surface area contributed by atoms with Crippen LogP contribution in [-0.4, -0.2) is 47.7 Å². The van der Waals surface area contributed by atoms with Gasteiger partial charge in [0.05, 0.1) is 0 Å². The first-order chi connectivity index (χ1) is 12.9. The van der Waals surface area contributed by atoms with Crippen LogP contribution in [0.2, 0.25) is 0 Å². The number of amides is 4. The van der Waals surface area contributed by atoms with Crippen LogP contribution in [0.25, 0.3) is 0 Å². The Balaban J connectivity index is 1.42. The van der Waals surface area contributed by atoms with Gasteiger partial charge in [0.25, 0.3) is 5.91 Å². The monoisotopic (exact) mass is 373 g/mol. The number of urea groups is 1. The topological polar surface area (TPSA) is 97.0 Å². The maximum Gasteiger partial charge on any atom is 0.325 e. The van der Waals surface area contributed by atoms with Gasteiger partial charge in [0.2, 0.25) is 12.7 Å². The van der Waals surface area contributed by atoms with Crippen LogP contribution >= 0.6 is 0 Å². The van der Waals surface area contributed by atoms with Gasteiger partial charge in [0, 0.05) is 12.5 Å². The molecule has 1 aromatic rings. The molecule has 2 atom stereocenters. The number of nitrogens with zero attached hydrogens (tertiary/aromatic N) is 1. The summed E-state index contributed by atoms with van der Waals surface area (Å²) < 4.78 is 10.7. The summed E-state index contributed by atoms with van der Waals surface area (Å²) in [4.78, 5) is 38.4. The molecule has 2 aliphatic heterocycles. The van der Waals surface area contributed by atoms with E-state index in [9.17, 15) is 14.4 Å². The van der Waals surface area contributed by atoms with Crippen molar-refractivity contribution in [2.75, 3.05) is 13.3 Å². The molecule has 27 heavy (non-hydrogen) atoms. The van der Waals surface area contributed by atoms with Gasteiger partial charge in [-0.25, -0.2) is 4.79 Å². The minimum absolute atomic E-state index is 0.0679. The third-order valence-electron chi connectivity index (χ3n) is 5.36. The molecule has 1 saturated carbocycles. The van der Waals surface area contributed by atoms with Crippen molar-refractivity contribution in [3.05, 3.63) is 23.8 Å². The highest BCUT2D eigenvalue weighted by Crippen LogP contribution is 2.34. The van der Waals surface area contributed by atoms with Crippen molar-refractivity contribution < 1.29 is 23.9 Å². The van der Waals surface area contributed by atoms with Crippen LogP contribution in [0.1, 0.15) is 32.3 Å². The number of carbonyl (C=O) groups is 3. The van der Waals surface area contributed by atoms with Crippen molar-refractivity contribution in [1.82, 2.24) is 15.5 Å². The Kier molecular flexibility index (Phi) is 4.20. The second kappa shape index (κ2) is 6.44. The molecule has 1 aromatic carbocycles. The van der Waals surface area contributed by atoms with E-state index in [1.807, 2.05) is 13.0 Å². The Morgan fingerprint density at radius 3 is 2.81 bits per heavy atom. The van der Waals surface area contributed by atoms with E-state index in [4.69, 9.17) is 9.47 Å². The molecule has 1 saturated heterocycles. The third kappa shape index (κ3) is 3.43. The van der Waals surface area contributed by atoms with Crippen molar-refractivity contribution in [3.8, 4) is 11.5 Å². The van der Waals surface area contributed by atoms with Gasteiger partial charge in [-0.3, -0.25) is 14.5 Å². The molecule has 0 spiro atoms. The second-order valence-corrected chi connectivity index (χ2v) is 7.71. The highest BCUT2D eigenvalue weighted by Gasteiger charge is 2.48. The molecule has 4 rings (SSSR count). The number of hydrogen-bond acceptors (Lipinski definition) is 5. The van der Waals surface area contributed by atoms with Gasteiger partial charge in [-0.1, -0.05) is 6.07 Å². The number of fused-ring (bicyclic) bond motifs is 1. The molecule has 1 aliphatic carbocycles. The van der Waals surface area contributed by atoms with E-state index in [0.29, 0.717) is 23.8 Å². The lowest BCUT2D eigenvalue weighted by Crippen LogP contribution is -2.47. The molecule has 0 bridgehead atoms. The van der Waals surface area contributed by atoms with Crippen LogP contribution in [0.3, 0.4) is 0 Å². The highest BCUT2D eigenvalue weighted by molar-refractivity contribution is 6.09. The van der Waals surface area contributed by atoms with Crippen molar-refractivity contribution in [3.63, 3.8) is 0 Å². The number of carbonyl (C=O) groups excluding carboxylic acids is 3. The van der Waals surface area contributed by atoms with Crippen LogP contribution < -0.4 is 20.1 Å². The average Bonchev–Trinajstić information content (AvgIpc) is 3.33. The fourth-order valence-electron chi connectivity index (χ4n) is 3.63. The zero-order valence-electron chi connectivity index (χ0n) is 15.4. The molecule has 2 N–H and O–H groups in total. The molecule has 3 aliphatic rings. The van der Waals surface area contributed by atoms with Gasteiger partial charge in [0.1, 0.15) is 12.1 Å². The van der Waals surface area contributed by atoms with E-state index in [1.165, 1.54) is 0 Å². The quantitative estimate of drug-likeness (QED) is 0.730. The molecule has 0 aromatic heterocycles. The second-order valence-electron chi connectivity index (χ2n) is 7.71. The Bertz CT molecular complexity index is 807. The summed E-state index contributed by atoms with van der Waals surface area (Å²) in [5.41, 5.74) is -0.267. The van der Waals surface area contributed by atoms with E-state index in [-0.39, 0.29) is 25.3 Å². The molecule has 8 nitrogen and oxygen atoms in total. The van der Waals surface area contributed by atoms with Crippen molar-refractivity contribution in [2.45, 2.75) is 44.7 Å². The fourth-order valence-corrected chi connectivity index (χ4v) is 3.63. The first-order valence-corrected chi connectivity index (χ1v) is 9.18. The molecule has 2 heterocycles. The Morgan fingerprint density at radius 1 is 1.33 bits per heavy atom. The van der Waals surface area contributed by atoms with Crippen LogP contribution in [0.4, 0.5) is 4.79 Å². The maximum atomic E-state index is 12.8. The van der Waals surface area contributed by atoms with Crippen molar-refractivity contribution >= 4 is 17.8 Å². The average molecular weight is 373 g/mol. The van der Waals surface area contributed by atoms with Gasteiger partial charge < -0.3 is 20.1 Å². The molecule has 0 radical (unpaired) electrons. The van der Waals surface area contributed by atoms with Crippen molar-refractivity contribution in [2.24, 2.45) is 5.92 Å². The summed E-state index contributed by atoms with van der Waals surface area (Å²) in [5, 5.41) is 5.60. The van der Waals surface area contributed by atoms with E-state index in [1.54, 1.807) is 19.1 Å². The standard InChI is InChI=1S/C19H23N3O5/c1-11(13-4-5-13)20-16(23)9-22-17(24)19(2,21-18(22)25)8-12-3-6-14-15(7-12)27-10-26-14/h3,6-7,11,13H,4-5,8-10H2,1-2H3,(H,20,23)(H,21,25)/t11-,19-/m0/s1. The molecule has 2 fully saturated rings. The van der Waals surface area contributed by atoms with E-state index in [0.717, 1.165) is 23.3 Å². The minimum atomic E-state index is -1.10. The molecular weight excluding hydrogens is 350 g/mol. The number of imide groups is 1. The lowest BCUT2D eigenvalue weighted by molar-refractivity contribution is -0.134. The molecule has 144 valence electrons. The minimum Gasteiger partial charge on any atom is -0.454 e. The van der Waals surface area contributed by atoms with Crippen LogP contribution in [-0.2, 0) is 16.0 Å². The van der Waals surface area contributed by atoms with Crippen LogP contribution in [0, 0.1) is 5.92 Å². The Morgan fingerprint density at radius 2 is 2.07 bits per heavy atom. The molecule has 8 heteroatoms. The number of benzene rings is 1. The number of ether oxygens (including phenoxy) is 2. The van der Waals surface area contributed by atoms with Gasteiger partial charge in [-0.2, -0.15) is 0 Å². The zero-order valence-corrected chi connectivity index (χ0v) is 15.4. The summed E-state index contributed by atoms with van der Waals surface area (Å²) in [5.74, 6) is 1.07. The highest BCUT2D eigenvalue weighted by atomic mass is 16.7. The largest absolute Gasteiger partial charge is 0.454 e. The van der Waals surface area contributed by atoms with E-state index < -0.39 is 17.5 Å². The number of nitrogens with one attached hydrogen (secondary N) is 2. The third-order valence-corrected chi connectivity index (χ3v) is 5.36. The fraction of sp³-hybridized carbons (Fsp3) is 0.526. The summed E-state index contributed by atoms with van der Waals surface area (Å²) in [6.07, 6.45) is 2.52. The Labute approximate surface area is 157 Å². The molecular formula is C19H23N3O5. The van der Waals surface area contributed by atoms with Gasteiger partial charge in [0.15, 0.2) is 11.5 Å². The SMILES string of the molecule is C[C@H](NC(=O)CN1C(=O)N[C@@](C)(Cc2ccc3c(c2)OCO3)C1=O)C1CC1. The first kappa shape index (κ1) is 17.6. The summed E-state index contributed by atoms with van der Waals surface area (Å²) >= 11 is 0. The summed E-state index contributed by atoms with van der Waals surface area (Å²) in [6.45, 7) is 3.53. The zero-order chi connectivity index (χ0) is 19.2. The summed E-state index contributed by atoms with van der Waals surface area (Å²) in [6, 6.07) is 4.95. The van der Waals surface area contributed by atoms with Gasteiger partial charge in [-0.05, 0) is 50.3 Å². The Hall–Kier alpha value is -2.77. The predicted molar refractivity (Wildman–Crippen MR) is 95.2 cm³/mol. The molecule has 4 amide bonds. The smallest absolute Gasteiger partial charge is 0.325 e. The van der Waals surface area contributed by atoms with E-state index >= 15 is 0 Å². The first-order valence-electron chi connectivity index (χ1n) is 9.18. The molecule has 0 unspecified atom stereocenters. The van der Waals surface area contributed by atoms with Crippen molar-refractivity contribution in [1.29, 1.82) is 0 Å². The lowest BCUT2D eigenvalue weighted by Gasteiger charge is -2.22. The number of hydrogen-bond donors (Lipinski definition) is 2. The normalized spacial score (nSPS) is 24.7. The van der Waals surface area contributed by atoms with Crippen LogP contribution in [0.15, 0.2) is 18.2 Å².